The topological polar surface area (TPSA) is 89.8 Å². The summed E-state index contributed by atoms with van der Waals surface area (Å²) in [4.78, 5) is 37.6. The standard InChI is InChI=1S/C21H20N2O5S/c1-15-11-12-22(18-7-2-3-8-19(18)29-15)20(24)14-28-21(25)10-9-16-5-4-6-17(13-16)23(26)27/h2-10,13,15H,11-12,14H2,1H3/b10-9+/t15-/m1/s1. The zero-order valence-electron chi connectivity index (χ0n) is 15.8. The fourth-order valence-electron chi connectivity index (χ4n) is 2.91. The third-order valence-electron chi connectivity index (χ3n) is 4.38. The number of amides is 1. The summed E-state index contributed by atoms with van der Waals surface area (Å²) < 4.78 is 5.08. The number of non-ortho nitro benzene ring substituents is 1. The molecule has 1 atom stereocenters. The van der Waals surface area contributed by atoms with Crippen LogP contribution >= 0.6 is 11.8 Å². The second-order valence-corrected chi connectivity index (χ2v) is 8.00. The summed E-state index contributed by atoms with van der Waals surface area (Å²) in [5.74, 6) is -0.972. The number of hydrogen-bond acceptors (Lipinski definition) is 6. The number of nitro benzene ring substituents is 1. The highest BCUT2D eigenvalue weighted by molar-refractivity contribution is 8.00. The molecule has 2 aromatic rings. The largest absolute Gasteiger partial charge is 0.452 e. The number of fused-ring (bicyclic) bond motifs is 1. The number of ether oxygens (including phenoxy) is 1. The van der Waals surface area contributed by atoms with Crippen LogP contribution in [0.25, 0.3) is 6.08 Å². The van der Waals surface area contributed by atoms with Crippen molar-refractivity contribution in [2.75, 3.05) is 18.1 Å². The summed E-state index contributed by atoms with van der Waals surface area (Å²) >= 11 is 1.73. The molecule has 0 fully saturated rings. The third kappa shape index (κ3) is 5.45. The Morgan fingerprint density at radius 1 is 1.28 bits per heavy atom. The molecular formula is C21H20N2O5S. The fourth-order valence-corrected chi connectivity index (χ4v) is 4.02. The Morgan fingerprint density at radius 3 is 2.86 bits per heavy atom. The number of benzene rings is 2. The van der Waals surface area contributed by atoms with E-state index in [-0.39, 0.29) is 18.2 Å². The summed E-state index contributed by atoms with van der Waals surface area (Å²) in [6.45, 7) is 2.31. The van der Waals surface area contributed by atoms with Gasteiger partial charge in [-0.2, -0.15) is 0 Å². The normalized spacial score (nSPS) is 16.2. The van der Waals surface area contributed by atoms with E-state index >= 15 is 0 Å². The lowest BCUT2D eigenvalue weighted by molar-refractivity contribution is -0.384. The van der Waals surface area contributed by atoms with E-state index in [4.69, 9.17) is 4.74 Å². The first-order valence-electron chi connectivity index (χ1n) is 9.09. The van der Waals surface area contributed by atoms with E-state index < -0.39 is 10.9 Å². The molecule has 0 spiro atoms. The Morgan fingerprint density at radius 2 is 2.07 bits per heavy atom. The second-order valence-electron chi connectivity index (χ2n) is 6.52. The quantitative estimate of drug-likeness (QED) is 0.318. The van der Waals surface area contributed by atoms with Gasteiger partial charge in [-0.3, -0.25) is 14.9 Å². The van der Waals surface area contributed by atoms with E-state index in [1.54, 1.807) is 22.7 Å². The van der Waals surface area contributed by atoms with Crippen LogP contribution in [0.15, 0.2) is 59.5 Å². The van der Waals surface area contributed by atoms with E-state index in [2.05, 4.69) is 6.92 Å². The number of nitrogens with zero attached hydrogens (tertiary/aromatic N) is 2. The molecule has 2 aromatic carbocycles. The lowest BCUT2D eigenvalue weighted by Gasteiger charge is -2.22. The Kier molecular flexibility index (Phi) is 6.66. The van der Waals surface area contributed by atoms with Crippen molar-refractivity contribution in [1.29, 1.82) is 0 Å². The predicted octanol–water partition coefficient (Wildman–Crippen LogP) is 4.07. The Labute approximate surface area is 172 Å². The van der Waals surface area contributed by atoms with Crippen molar-refractivity contribution in [2.45, 2.75) is 23.5 Å². The molecule has 3 rings (SSSR count). The summed E-state index contributed by atoms with van der Waals surface area (Å²) in [7, 11) is 0. The van der Waals surface area contributed by atoms with Crippen molar-refractivity contribution in [3.05, 3.63) is 70.3 Å². The zero-order valence-corrected chi connectivity index (χ0v) is 16.6. The molecule has 1 aliphatic heterocycles. The number of hydrogen-bond donors (Lipinski definition) is 0. The van der Waals surface area contributed by atoms with Crippen LogP contribution in [0.2, 0.25) is 0 Å². The van der Waals surface area contributed by atoms with Gasteiger partial charge in [0.05, 0.1) is 10.6 Å². The van der Waals surface area contributed by atoms with Gasteiger partial charge in [0.25, 0.3) is 11.6 Å². The van der Waals surface area contributed by atoms with Crippen LogP contribution in [0, 0.1) is 10.1 Å². The van der Waals surface area contributed by atoms with Crippen molar-refractivity contribution in [3.8, 4) is 0 Å². The summed E-state index contributed by atoms with van der Waals surface area (Å²) in [6, 6.07) is 13.6. The monoisotopic (exact) mass is 412 g/mol. The number of nitro groups is 1. The molecule has 0 aromatic heterocycles. The third-order valence-corrected chi connectivity index (χ3v) is 5.61. The minimum Gasteiger partial charge on any atom is -0.452 e. The minimum absolute atomic E-state index is 0.0670. The predicted molar refractivity (Wildman–Crippen MR) is 112 cm³/mol. The molecule has 1 aliphatic rings. The number of para-hydroxylation sites is 1. The second kappa shape index (κ2) is 9.38. The van der Waals surface area contributed by atoms with Gasteiger partial charge in [-0.05, 0) is 30.2 Å². The van der Waals surface area contributed by atoms with Crippen LogP contribution in [0.5, 0.6) is 0 Å². The zero-order chi connectivity index (χ0) is 20.8. The number of carbonyl (C=O) groups excluding carboxylic acids is 2. The summed E-state index contributed by atoms with van der Waals surface area (Å²) in [5.41, 5.74) is 1.26. The van der Waals surface area contributed by atoms with Gasteiger partial charge >= 0.3 is 5.97 Å². The van der Waals surface area contributed by atoms with Gasteiger partial charge in [0.2, 0.25) is 0 Å². The van der Waals surface area contributed by atoms with Gasteiger partial charge in [0.1, 0.15) is 0 Å². The van der Waals surface area contributed by atoms with Crippen molar-refractivity contribution in [1.82, 2.24) is 0 Å². The molecule has 0 aliphatic carbocycles. The lowest BCUT2D eigenvalue weighted by atomic mass is 10.2. The summed E-state index contributed by atoms with van der Waals surface area (Å²) in [6.07, 6.45) is 3.41. The maximum absolute atomic E-state index is 12.7. The molecular weight excluding hydrogens is 392 g/mol. The molecule has 0 bridgehead atoms. The molecule has 1 heterocycles. The first-order chi connectivity index (χ1) is 13.9. The van der Waals surface area contributed by atoms with E-state index in [1.165, 1.54) is 24.3 Å². The molecule has 0 N–H and O–H groups in total. The van der Waals surface area contributed by atoms with Crippen LogP contribution in [0.4, 0.5) is 11.4 Å². The highest BCUT2D eigenvalue weighted by atomic mass is 32.2. The molecule has 0 saturated heterocycles. The Balaban J connectivity index is 1.61. The van der Waals surface area contributed by atoms with E-state index in [9.17, 15) is 19.7 Å². The van der Waals surface area contributed by atoms with Gasteiger partial charge in [-0.1, -0.05) is 31.2 Å². The average Bonchev–Trinajstić information content (AvgIpc) is 2.88. The first-order valence-corrected chi connectivity index (χ1v) is 9.97. The van der Waals surface area contributed by atoms with Crippen molar-refractivity contribution in [3.63, 3.8) is 0 Å². The van der Waals surface area contributed by atoms with Crippen LogP contribution in [0.3, 0.4) is 0 Å². The first kappa shape index (κ1) is 20.6. The Bertz CT molecular complexity index is 960. The van der Waals surface area contributed by atoms with Crippen molar-refractivity contribution in [2.24, 2.45) is 0 Å². The molecule has 29 heavy (non-hydrogen) atoms. The number of carbonyl (C=O) groups is 2. The smallest absolute Gasteiger partial charge is 0.331 e. The van der Waals surface area contributed by atoms with Gasteiger partial charge in [-0.15, -0.1) is 11.8 Å². The maximum Gasteiger partial charge on any atom is 0.331 e. The van der Waals surface area contributed by atoms with Crippen LogP contribution in [-0.2, 0) is 14.3 Å². The van der Waals surface area contributed by atoms with Crippen LogP contribution < -0.4 is 4.90 Å². The van der Waals surface area contributed by atoms with E-state index in [0.717, 1.165) is 23.1 Å². The van der Waals surface area contributed by atoms with Gasteiger partial charge in [0, 0.05) is 34.9 Å². The van der Waals surface area contributed by atoms with Crippen LogP contribution in [-0.4, -0.2) is 35.2 Å². The highest BCUT2D eigenvalue weighted by Gasteiger charge is 2.24. The lowest BCUT2D eigenvalue weighted by Crippen LogP contribution is -2.35. The van der Waals surface area contributed by atoms with Gasteiger partial charge < -0.3 is 9.64 Å². The highest BCUT2D eigenvalue weighted by Crippen LogP contribution is 2.37. The Hall–Kier alpha value is -3.13. The van der Waals surface area contributed by atoms with Crippen molar-refractivity contribution >= 4 is 41.1 Å². The van der Waals surface area contributed by atoms with E-state index in [0.29, 0.717) is 17.4 Å². The summed E-state index contributed by atoms with van der Waals surface area (Å²) in [5, 5.41) is 11.2. The van der Waals surface area contributed by atoms with Crippen LogP contribution in [0.1, 0.15) is 18.9 Å². The van der Waals surface area contributed by atoms with Gasteiger partial charge in [-0.25, -0.2) is 4.79 Å². The molecule has 150 valence electrons. The number of rotatable bonds is 5. The molecule has 0 unspecified atom stereocenters. The fraction of sp³-hybridized carbons (Fsp3) is 0.238. The number of anilines is 1. The number of thioether (sulfide) groups is 1. The molecule has 0 radical (unpaired) electrons. The van der Waals surface area contributed by atoms with Gasteiger partial charge in [0.15, 0.2) is 6.61 Å². The SMILES string of the molecule is C[C@@H]1CCN(C(=O)COC(=O)/C=C/c2cccc([N+](=O)[O-])c2)c2ccccc2S1. The molecule has 8 heteroatoms. The number of esters is 1. The van der Waals surface area contributed by atoms with E-state index in [1.807, 2.05) is 24.3 Å². The average molecular weight is 412 g/mol. The molecule has 7 nitrogen and oxygen atoms in total. The minimum atomic E-state index is -0.685. The molecule has 1 amide bonds. The molecule has 0 saturated carbocycles. The maximum atomic E-state index is 12.7. The van der Waals surface area contributed by atoms with Crippen molar-refractivity contribution < 1.29 is 19.2 Å².